The van der Waals surface area contributed by atoms with E-state index in [1.54, 1.807) is 25.3 Å². The number of amides is 1. The zero-order chi connectivity index (χ0) is 19.6. The fraction of sp³-hybridized carbons (Fsp3) is 0.250. The minimum Gasteiger partial charge on any atom is -0.497 e. The minimum atomic E-state index is -0.260. The van der Waals surface area contributed by atoms with Crippen molar-refractivity contribution in [1.29, 1.82) is 5.26 Å². The maximum atomic E-state index is 12.2. The first-order chi connectivity index (χ1) is 13.1. The third kappa shape index (κ3) is 5.22. The summed E-state index contributed by atoms with van der Waals surface area (Å²) in [6.45, 7) is 0.212. The van der Waals surface area contributed by atoms with Crippen LogP contribution in [-0.2, 0) is 4.79 Å². The van der Waals surface area contributed by atoms with Crippen molar-refractivity contribution in [2.45, 2.75) is 19.3 Å². The van der Waals surface area contributed by atoms with Gasteiger partial charge in [-0.2, -0.15) is 5.26 Å². The molecule has 1 heterocycles. The van der Waals surface area contributed by atoms with Gasteiger partial charge in [0, 0.05) is 17.5 Å². The van der Waals surface area contributed by atoms with Gasteiger partial charge in [-0.1, -0.05) is 12.2 Å². The molecule has 1 aliphatic carbocycles. The molecule has 1 aliphatic rings. The van der Waals surface area contributed by atoms with Gasteiger partial charge in [-0.15, -0.1) is 0 Å². The van der Waals surface area contributed by atoms with Crippen molar-refractivity contribution in [3.63, 3.8) is 0 Å². The molecule has 27 heavy (non-hydrogen) atoms. The fourth-order valence-electron chi connectivity index (χ4n) is 2.73. The van der Waals surface area contributed by atoms with E-state index in [0.29, 0.717) is 18.5 Å². The first-order valence-corrected chi connectivity index (χ1v) is 8.35. The van der Waals surface area contributed by atoms with Gasteiger partial charge < -0.3 is 19.6 Å². The summed E-state index contributed by atoms with van der Waals surface area (Å²) in [5, 5.41) is 19.7. The predicted molar refractivity (Wildman–Crippen MR) is 99.4 cm³/mol. The van der Waals surface area contributed by atoms with Gasteiger partial charge in [-0.25, -0.2) is 0 Å². The Morgan fingerprint density at radius 2 is 2.22 bits per heavy atom. The number of carboxylic acid groups (broad SMARTS) is 1. The lowest BCUT2D eigenvalue weighted by Crippen LogP contribution is -2.24. The van der Waals surface area contributed by atoms with Crippen LogP contribution in [0.2, 0.25) is 0 Å². The quantitative estimate of drug-likeness (QED) is 0.782. The molecule has 0 aliphatic heterocycles. The van der Waals surface area contributed by atoms with Gasteiger partial charge >= 0.3 is 0 Å². The standard InChI is InChI=1S/C19H18N2O3.CH2O2/c1-23-16-6-7-17-15(10-16)11-18(24-17)19(22)21-9-8-13-4-2-3-5-14(13)12-20;2-1-3/h2,4,6-7,10-11H,3,5,8-9H2,1H3,(H,21,22);1H,(H,2,3). The molecule has 2 N–H and O–H groups in total. The molecule has 0 spiro atoms. The van der Waals surface area contributed by atoms with E-state index in [1.165, 1.54) is 0 Å². The van der Waals surface area contributed by atoms with Gasteiger partial charge in [0.2, 0.25) is 0 Å². The van der Waals surface area contributed by atoms with E-state index in [9.17, 15) is 4.79 Å². The summed E-state index contributed by atoms with van der Waals surface area (Å²) in [4.78, 5) is 20.6. The molecule has 0 unspecified atom stereocenters. The number of ether oxygens (including phenoxy) is 1. The summed E-state index contributed by atoms with van der Waals surface area (Å²) >= 11 is 0. The maximum Gasteiger partial charge on any atom is 0.290 e. The zero-order valence-corrected chi connectivity index (χ0v) is 14.9. The monoisotopic (exact) mass is 368 g/mol. The van der Waals surface area contributed by atoms with E-state index in [-0.39, 0.29) is 18.1 Å². The normalized spacial score (nSPS) is 12.7. The van der Waals surface area contributed by atoms with Gasteiger partial charge in [-0.05, 0) is 49.1 Å². The molecule has 0 fully saturated rings. The first-order valence-electron chi connectivity index (χ1n) is 8.35. The van der Waals surface area contributed by atoms with Crippen LogP contribution in [0, 0.1) is 11.3 Å². The maximum absolute atomic E-state index is 12.2. The van der Waals surface area contributed by atoms with Crippen LogP contribution in [0.3, 0.4) is 0 Å². The Hall–Kier alpha value is -3.53. The second-order valence-corrected chi connectivity index (χ2v) is 5.68. The van der Waals surface area contributed by atoms with Gasteiger partial charge in [0.25, 0.3) is 12.4 Å². The summed E-state index contributed by atoms with van der Waals surface area (Å²) < 4.78 is 10.7. The van der Waals surface area contributed by atoms with Crippen LogP contribution < -0.4 is 10.1 Å². The number of hydrogen-bond donors (Lipinski definition) is 2. The van der Waals surface area contributed by atoms with Crippen LogP contribution in [0.1, 0.15) is 29.8 Å². The van der Waals surface area contributed by atoms with Crippen LogP contribution in [-0.4, -0.2) is 31.1 Å². The number of methoxy groups -OCH3 is 1. The number of carbonyl (C=O) groups excluding carboxylic acids is 1. The molecule has 3 rings (SSSR count). The lowest BCUT2D eigenvalue weighted by Gasteiger charge is -2.10. The summed E-state index contributed by atoms with van der Waals surface area (Å²) in [6.07, 6.45) is 6.36. The van der Waals surface area contributed by atoms with Crippen LogP contribution in [0.5, 0.6) is 5.75 Å². The highest BCUT2D eigenvalue weighted by atomic mass is 16.5. The first kappa shape index (κ1) is 19.8. The summed E-state index contributed by atoms with van der Waals surface area (Å²) in [5.74, 6) is 0.728. The van der Waals surface area contributed by atoms with Crippen molar-refractivity contribution in [3.8, 4) is 11.8 Å². The highest BCUT2D eigenvalue weighted by Gasteiger charge is 2.13. The van der Waals surface area contributed by atoms with E-state index in [0.717, 1.165) is 35.1 Å². The SMILES string of the molecule is COc1ccc2oc(C(=O)NCCC3=C(C#N)CCC=C3)cc2c1.O=CO. The van der Waals surface area contributed by atoms with E-state index >= 15 is 0 Å². The van der Waals surface area contributed by atoms with Gasteiger partial charge in [0.05, 0.1) is 13.2 Å². The number of rotatable bonds is 5. The summed E-state index contributed by atoms with van der Waals surface area (Å²) in [6, 6.07) is 9.34. The second kappa shape index (κ2) is 9.82. The molecular formula is C20H20N2O5. The molecule has 0 atom stereocenters. The molecule has 1 aromatic heterocycles. The Morgan fingerprint density at radius 3 is 2.93 bits per heavy atom. The second-order valence-electron chi connectivity index (χ2n) is 5.68. The molecule has 0 bridgehead atoms. The van der Waals surface area contributed by atoms with Crippen LogP contribution >= 0.6 is 0 Å². The summed E-state index contributed by atoms with van der Waals surface area (Å²) in [7, 11) is 1.60. The van der Waals surface area contributed by atoms with Gasteiger partial charge in [0.15, 0.2) is 5.76 Å². The topological polar surface area (TPSA) is 113 Å². The third-order valence-corrected chi connectivity index (χ3v) is 4.03. The van der Waals surface area contributed by atoms with E-state index in [1.807, 2.05) is 12.1 Å². The van der Waals surface area contributed by atoms with Crippen molar-refractivity contribution in [3.05, 3.63) is 53.3 Å². The molecule has 0 saturated carbocycles. The Labute approximate surface area is 156 Å². The Kier molecular flexibility index (Phi) is 7.20. The van der Waals surface area contributed by atoms with Crippen molar-refractivity contribution in [2.75, 3.05) is 13.7 Å². The largest absolute Gasteiger partial charge is 0.497 e. The smallest absolute Gasteiger partial charge is 0.290 e. The van der Waals surface area contributed by atoms with Crippen molar-refractivity contribution >= 4 is 23.3 Å². The molecule has 2 aromatic rings. The predicted octanol–water partition coefficient (Wildman–Crippen LogP) is 3.43. The zero-order valence-electron chi connectivity index (χ0n) is 14.9. The lowest BCUT2D eigenvalue weighted by atomic mass is 9.96. The summed E-state index contributed by atoms with van der Waals surface area (Å²) in [5.41, 5.74) is 2.45. The van der Waals surface area contributed by atoms with Crippen molar-refractivity contribution < 1.29 is 23.8 Å². The number of fused-ring (bicyclic) bond motifs is 1. The number of hydrogen-bond acceptors (Lipinski definition) is 5. The van der Waals surface area contributed by atoms with Gasteiger partial charge in [-0.3, -0.25) is 9.59 Å². The van der Waals surface area contributed by atoms with E-state index < -0.39 is 0 Å². The number of furan rings is 1. The molecule has 7 nitrogen and oxygen atoms in total. The highest BCUT2D eigenvalue weighted by Crippen LogP contribution is 2.24. The molecule has 1 aromatic carbocycles. The number of nitrogens with one attached hydrogen (secondary N) is 1. The van der Waals surface area contributed by atoms with Gasteiger partial charge in [0.1, 0.15) is 11.3 Å². The number of carbonyl (C=O) groups is 2. The molecule has 0 radical (unpaired) electrons. The molecule has 0 saturated heterocycles. The van der Waals surface area contributed by atoms with Crippen molar-refractivity contribution in [2.24, 2.45) is 0 Å². The Bertz CT molecular complexity index is 918. The Morgan fingerprint density at radius 1 is 1.44 bits per heavy atom. The van der Waals surface area contributed by atoms with E-state index in [4.69, 9.17) is 24.3 Å². The Balaban J connectivity index is 0.000000817. The number of nitrogens with zero attached hydrogens (tertiary/aromatic N) is 1. The van der Waals surface area contributed by atoms with Crippen LogP contribution in [0.25, 0.3) is 11.0 Å². The molecule has 1 amide bonds. The lowest BCUT2D eigenvalue weighted by molar-refractivity contribution is -0.122. The molecular weight excluding hydrogens is 348 g/mol. The van der Waals surface area contributed by atoms with Crippen LogP contribution in [0.15, 0.2) is 52.0 Å². The van der Waals surface area contributed by atoms with Crippen molar-refractivity contribution in [1.82, 2.24) is 5.32 Å². The number of benzene rings is 1. The molecule has 140 valence electrons. The number of allylic oxidation sites excluding steroid dienone is 3. The van der Waals surface area contributed by atoms with E-state index in [2.05, 4.69) is 17.5 Å². The fourth-order valence-corrected chi connectivity index (χ4v) is 2.73. The average molecular weight is 368 g/mol. The minimum absolute atomic E-state index is 0.250. The highest BCUT2D eigenvalue weighted by molar-refractivity contribution is 5.96. The van der Waals surface area contributed by atoms with Crippen LogP contribution in [0.4, 0.5) is 0 Å². The molecule has 7 heteroatoms. The third-order valence-electron chi connectivity index (χ3n) is 4.03. The average Bonchev–Trinajstić information content (AvgIpc) is 3.12. The number of nitriles is 1.